The Hall–Kier alpha value is -2.61. The summed E-state index contributed by atoms with van der Waals surface area (Å²) >= 11 is 0. The molecular formula is C19H16O2. The van der Waals surface area contributed by atoms with E-state index >= 15 is 0 Å². The standard InChI is InChI=1S/C19H16O2/c1-14-6-4-9-16(12-14)18(20)13-21-19-11-5-8-15-7-2-3-10-17(15)19/h2-12H,13H2,1H3. The maximum Gasteiger partial charge on any atom is 0.200 e. The number of ether oxygens (including phenoxy) is 1. The smallest absolute Gasteiger partial charge is 0.200 e. The molecule has 0 radical (unpaired) electrons. The summed E-state index contributed by atoms with van der Waals surface area (Å²) < 4.78 is 5.73. The highest BCUT2D eigenvalue weighted by Gasteiger charge is 2.08. The Morgan fingerprint density at radius 3 is 2.57 bits per heavy atom. The molecule has 104 valence electrons. The van der Waals surface area contributed by atoms with E-state index in [0.717, 1.165) is 22.1 Å². The van der Waals surface area contributed by atoms with Gasteiger partial charge in [-0.1, -0.05) is 60.2 Å². The third kappa shape index (κ3) is 2.95. The average molecular weight is 276 g/mol. The van der Waals surface area contributed by atoms with Crippen molar-refractivity contribution in [2.45, 2.75) is 6.92 Å². The number of fused-ring (bicyclic) bond motifs is 1. The molecule has 3 aromatic carbocycles. The highest BCUT2D eigenvalue weighted by molar-refractivity contribution is 5.97. The maximum absolute atomic E-state index is 12.2. The van der Waals surface area contributed by atoms with Crippen LogP contribution < -0.4 is 4.74 Å². The lowest BCUT2D eigenvalue weighted by Crippen LogP contribution is -2.11. The Labute approximate surface area is 124 Å². The Balaban J connectivity index is 1.79. The molecule has 0 amide bonds. The van der Waals surface area contributed by atoms with E-state index in [1.165, 1.54) is 0 Å². The molecular weight excluding hydrogens is 260 g/mol. The van der Waals surface area contributed by atoms with Crippen LogP contribution in [0.3, 0.4) is 0 Å². The van der Waals surface area contributed by atoms with Gasteiger partial charge in [0.1, 0.15) is 5.75 Å². The van der Waals surface area contributed by atoms with Crippen LogP contribution in [0.25, 0.3) is 10.8 Å². The normalized spacial score (nSPS) is 10.5. The van der Waals surface area contributed by atoms with Gasteiger partial charge in [-0.25, -0.2) is 0 Å². The Morgan fingerprint density at radius 2 is 1.71 bits per heavy atom. The monoisotopic (exact) mass is 276 g/mol. The van der Waals surface area contributed by atoms with Gasteiger partial charge in [-0.3, -0.25) is 4.79 Å². The van der Waals surface area contributed by atoms with Crippen molar-refractivity contribution in [1.82, 2.24) is 0 Å². The predicted octanol–water partition coefficient (Wildman–Crippen LogP) is 4.41. The summed E-state index contributed by atoms with van der Waals surface area (Å²) in [5.41, 5.74) is 1.77. The molecule has 0 unspecified atom stereocenters. The van der Waals surface area contributed by atoms with Crippen LogP contribution in [0, 0.1) is 6.92 Å². The third-order valence-electron chi connectivity index (χ3n) is 3.45. The largest absolute Gasteiger partial charge is 0.485 e. The van der Waals surface area contributed by atoms with E-state index in [2.05, 4.69) is 0 Å². The Morgan fingerprint density at radius 1 is 0.952 bits per heavy atom. The van der Waals surface area contributed by atoms with Crippen LogP contribution in [0.4, 0.5) is 0 Å². The number of benzene rings is 3. The van der Waals surface area contributed by atoms with Crippen LogP contribution >= 0.6 is 0 Å². The first kappa shape index (κ1) is 13.4. The quantitative estimate of drug-likeness (QED) is 0.660. The van der Waals surface area contributed by atoms with Gasteiger partial charge in [0.15, 0.2) is 12.4 Å². The average Bonchev–Trinajstić information content (AvgIpc) is 2.52. The first-order valence-corrected chi connectivity index (χ1v) is 6.94. The van der Waals surface area contributed by atoms with Gasteiger partial charge in [0.05, 0.1) is 0 Å². The molecule has 0 aliphatic heterocycles. The lowest BCUT2D eigenvalue weighted by atomic mass is 10.1. The second kappa shape index (κ2) is 5.80. The summed E-state index contributed by atoms with van der Waals surface area (Å²) in [6, 6.07) is 21.4. The van der Waals surface area contributed by atoms with Crippen molar-refractivity contribution in [2.75, 3.05) is 6.61 Å². The first-order chi connectivity index (χ1) is 10.2. The molecule has 0 aliphatic rings. The molecule has 21 heavy (non-hydrogen) atoms. The fourth-order valence-electron chi connectivity index (χ4n) is 2.37. The lowest BCUT2D eigenvalue weighted by Gasteiger charge is -2.09. The molecule has 0 spiro atoms. The summed E-state index contributed by atoms with van der Waals surface area (Å²) in [5, 5.41) is 2.13. The fraction of sp³-hybridized carbons (Fsp3) is 0.105. The van der Waals surface area contributed by atoms with E-state index in [-0.39, 0.29) is 12.4 Å². The zero-order valence-corrected chi connectivity index (χ0v) is 11.9. The van der Waals surface area contributed by atoms with Crippen molar-refractivity contribution in [1.29, 1.82) is 0 Å². The minimum Gasteiger partial charge on any atom is -0.485 e. The van der Waals surface area contributed by atoms with Crippen molar-refractivity contribution >= 4 is 16.6 Å². The summed E-state index contributed by atoms with van der Waals surface area (Å²) in [6.07, 6.45) is 0. The topological polar surface area (TPSA) is 26.3 Å². The molecule has 0 saturated heterocycles. The number of rotatable bonds is 4. The molecule has 0 aliphatic carbocycles. The second-order valence-corrected chi connectivity index (χ2v) is 5.06. The molecule has 0 heterocycles. The fourth-order valence-corrected chi connectivity index (χ4v) is 2.37. The highest BCUT2D eigenvalue weighted by atomic mass is 16.5. The van der Waals surface area contributed by atoms with E-state index in [0.29, 0.717) is 5.56 Å². The van der Waals surface area contributed by atoms with Crippen molar-refractivity contribution in [2.24, 2.45) is 0 Å². The molecule has 0 fully saturated rings. The van der Waals surface area contributed by atoms with Gasteiger partial charge in [-0.2, -0.15) is 0 Å². The van der Waals surface area contributed by atoms with E-state index < -0.39 is 0 Å². The van der Waals surface area contributed by atoms with Crippen LogP contribution in [0.5, 0.6) is 5.75 Å². The second-order valence-electron chi connectivity index (χ2n) is 5.06. The molecule has 0 bridgehead atoms. The van der Waals surface area contributed by atoms with E-state index in [9.17, 15) is 4.79 Å². The van der Waals surface area contributed by atoms with Gasteiger partial charge in [-0.15, -0.1) is 0 Å². The van der Waals surface area contributed by atoms with Gasteiger partial charge in [0, 0.05) is 10.9 Å². The van der Waals surface area contributed by atoms with Gasteiger partial charge < -0.3 is 4.74 Å². The number of ketones is 1. The Bertz CT molecular complexity index is 785. The van der Waals surface area contributed by atoms with Crippen molar-refractivity contribution in [3.05, 3.63) is 77.9 Å². The van der Waals surface area contributed by atoms with E-state index in [1.807, 2.05) is 73.7 Å². The molecule has 2 nitrogen and oxygen atoms in total. The van der Waals surface area contributed by atoms with Gasteiger partial charge in [0.25, 0.3) is 0 Å². The number of hydrogen-bond donors (Lipinski definition) is 0. The minimum atomic E-state index is -0.00775. The zero-order valence-electron chi connectivity index (χ0n) is 11.9. The lowest BCUT2D eigenvalue weighted by molar-refractivity contribution is 0.0922. The van der Waals surface area contributed by atoms with Crippen LogP contribution in [-0.2, 0) is 0 Å². The molecule has 0 aromatic heterocycles. The molecule has 0 N–H and O–H groups in total. The molecule has 2 heteroatoms. The van der Waals surface area contributed by atoms with Crippen LogP contribution in [0.2, 0.25) is 0 Å². The van der Waals surface area contributed by atoms with Crippen LogP contribution in [0.1, 0.15) is 15.9 Å². The number of carbonyl (C=O) groups excluding carboxylic acids is 1. The van der Waals surface area contributed by atoms with E-state index in [1.54, 1.807) is 0 Å². The maximum atomic E-state index is 12.2. The summed E-state index contributed by atoms with van der Waals surface area (Å²) in [5.74, 6) is 0.737. The number of hydrogen-bond acceptors (Lipinski definition) is 2. The van der Waals surface area contributed by atoms with Gasteiger partial charge >= 0.3 is 0 Å². The number of carbonyl (C=O) groups is 1. The molecule has 3 aromatic rings. The summed E-state index contributed by atoms with van der Waals surface area (Å²) in [6.45, 7) is 2.03. The van der Waals surface area contributed by atoms with Crippen LogP contribution in [-0.4, -0.2) is 12.4 Å². The summed E-state index contributed by atoms with van der Waals surface area (Å²) in [4.78, 5) is 12.2. The predicted molar refractivity (Wildman–Crippen MR) is 85.0 cm³/mol. The molecule has 0 atom stereocenters. The molecule has 3 rings (SSSR count). The van der Waals surface area contributed by atoms with Crippen molar-refractivity contribution in [3.8, 4) is 5.75 Å². The molecule has 0 saturated carbocycles. The minimum absolute atomic E-state index is 0.00775. The first-order valence-electron chi connectivity index (χ1n) is 6.94. The third-order valence-corrected chi connectivity index (χ3v) is 3.45. The highest BCUT2D eigenvalue weighted by Crippen LogP contribution is 2.25. The number of Topliss-reactive ketones (excluding diaryl/α,β-unsaturated/α-hetero) is 1. The number of aryl methyl sites for hydroxylation is 1. The van der Waals surface area contributed by atoms with Crippen molar-refractivity contribution < 1.29 is 9.53 Å². The van der Waals surface area contributed by atoms with Crippen molar-refractivity contribution in [3.63, 3.8) is 0 Å². The van der Waals surface area contributed by atoms with Gasteiger partial charge in [-0.05, 0) is 24.4 Å². The Kier molecular flexibility index (Phi) is 3.69. The van der Waals surface area contributed by atoms with Gasteiger partial charge in [0.2, 0.25) is 0 Å². The van der Waals surface area contributed by atoms with E-state index in [4.69, 9.17) is 4.74 Å². The SMILES string of the molecule is Cc1cccc(C(=O)COc2cccc3ccccc23)c1. The zero-order chi connectivity index (χ0) is 14.7. The van der Waals surface area contributed by atoms with Crippen LogP contribution in [0.15, 0.2) is 66.7 Å². The summed E-state index contributed by atoms with van der Waals surface area (Å²) in [7, 11) is 0.